The summed E-state index contributed by atoms with van der Waals surface area (Å²) in [6.45, 7) is 5.59. The molecule has 0 aromatic heterocycles. The highest BCUT2D eigenvalue weighted by Gasteiger charge is 2.26. The Morgan fingerprint density at radius 2 is 2.27 bits per heavy atom. The molecule has 3 nitrogen and oxygen atoms in total. The Hall–Kier alpha value is -0.220. The van der Waals surface area contributed by atoms with E-state index in [4.69, 9.17) is 10.5 Å². The predicted octanol–water partition coefficient (Wildman–Crippen LogP) is 1.80. The van der Waals surface area contributed by atoms with Crippen molar-refractivity contribution in [3.8, 4) is 0 Å². The van der Waals surface area contributed by atoms with E-state index in [1.807, 2.05) is 32.5 Å². The molecule has 4 heteroatoms. The fraction of sp³-hybridized carbons (Fsp3) is 0.909. The molecule has 1 aliphatic heterocycles. The number of carbonyl (C=O) groups is 1. The molecule has 0 radical (unpaired) electrons. The van der Waals surface area contributed by atoms with E-state index in [-0.39, 0.29) is 5.97 Å². The molecular formula is C11H21NO2S. The molecule has 1 heterocycles. The quantitative estimate of drug-likeness (QED) is 0.753. The Balaban J connectivity index is 2.32. The summed E-state index contributed by atoms with van der Waals surface area (Å²) in [5.41, 5.74) is 5.39. The zero-order chi connectivity index (χ0) is 11.5. The number of hydrogen-bond acceptors (Lipinski definition) is 4. The van der Waals surface area contributed by atoms with Crippen LogP contribution in [-0.2, 0) is 9.53 Å². The maximum absolute atomic E-state index is 11.6. The van der Waals surface area contributed by atoms with Crippen LogP contribution >= 0.6 is 11.8 Å². The summed E-state index contributed by atoms with van der Waals surface area (Å²) in [5.74, 6) is 2.67. The largest absolute Gasteiger partial charge is 0.459 e. The van der Waals surface area contributed by atoms with Gasteiger partial charge in [0.05, 0.1) is 0 Å². The van der Waals surface area contributed by atoms with Gasteiger partial charge in [0.25, 0.3) is 0 Å². The van der Waals surface area contributed by atoms with Crippen LogP contribution in [0.4, 0.5) is 0 Å². The van der Waals surface area contributed by atoms with Gasteiger partial charge in [0.15, 0.2) is 0 Å². The SMILES string of the molecule is CC(C)(C)OC(=O)C(N)CC1CCSC1. The van der Waals surface area contributed by atoms with Gasteiger partial charge in [0.1, 0.15) is 11.6 Å². The maximum Gasteiger partial charge on any atom is 0.323 e. The lowest BCUT2D eigenvalue weighted by Crippen LogP contribution is -2.38. The molecule has 0 bridgehead atoms. The van der Waals surface area contributed by atoms with Crippen LogP contribution in [0.3, 0.4) is 0 Å². The van der Waals surface area contributed by atoms with Crippen molar-refractivity contribution < 1.29 is 9.53 Å². The first-order valence-electron chi connectivity index (χ1n) is 5.44. The van der Waals surface area contributed by atoms with Gasteiger partial charge < -0.3 is 10.5 Å². The zero-order valence-electron chi connectivity index (χ0n) is 9.79. The molecular weight excluding hydrogens is 210 g/mol. The van der Waals surface area contributed by atoms with Crippen molar-refractivity contribution >= 4 is 17.7 Å². The third-order valence-electron chi connectivity index (χ3n) is 2.32. The number of esters is 1. The fourth-order valence-corrected chi connectivity index (χ4v) is 2.90. The monoisotopic (exact) mass is 231 g/mol. The summed E-state index contributed by atoms with van der Waals surface area (Å²) in [7, 11) is 0. The lowest BCUT2D eigenvalue weighted by Gasteiger charge is -2.23. The standard InChI is InChI=1S/C11H21NO2S/c1-11(2,3)14-10(13)9(12)6-8-4-5-15-7-8/h8-9H,4-7,12H2,1-3H3. The topological polar surface area (TPSA) is 52.3 Å². The average Bonchev–Trinajstić information content (AvgIpc) is 2.53. The third-order valence-corrected chi connectivity index (χ3v) is 3.55. The van der Waals surface area contributed by atoms with Gasteiger partial charge in [-0.15, -0.1) is 0 Å². The average molecular weight is 231 g/mol. The Morgan fingerprint density at radius 3 is 2.73 bits per heavy atom. The first-order valence-corrected chi connectivity index (χ1v) is 6.60. The van der Waals surface area contributed by atoms with E-state index >= 15 is 0 Å². The molecule has 88 valence electrons. The molecule has 0 aromatic carbocycles. The van der Waals surface area contributed by atoms with Crippen LogP contribution in [0.2, 0.25) is 0 Å². The first-order chi connectivity index (χ1) is 6.88. The van der Waals surface area contributed by atoms with Crippen LogP contribution in [0.1, 0.15) is 33.6 Å². The Morgan fingerprint density at radius 1 is 1.60 bits per heavy atom. The van der Waals surface area contributed by atoms with E-state index in [1.54, 1.807) is 0 Å². The van der Waals surface area contributed by atoms with Gasteiger partial charge in [0, 0.05) is 0 Å². The van der Waals surface area contributed by atoms with E-state index < -0.39 is 11.6 Å². The predicted molar refractivity (Wildman–Crippen MR) is 63.9 cm³/mol. The van der Waals surface area contributed by atoms with Crippen molar-refractivity contribution in [3.63, 3.8) is 0 Å². The van der Waals surface area contributed by atoms with E-state index in [1.165, 1.54) is 12.2 Å². The summed E-state index contributed by atoms with van der Waals surface area (Å²) in [6.07, 6.45) is 1.95. The molecule has 0 saturated carbocycles. The number of ether oxygens (including phenoxy) is 1. The summed E-state index contributed by atoms with van der Waals surface area (Å²) in [5, 5.41) is 0. The normalized spacial score (nSPS) is 23.9. The molecule has 2 atom stereocenters. The first kappa shape index (κ1) is 12.8. The Labute approximate surface area is 96.1 Å². The van der Waals surface area contributed by atoms with Crippen molar-refractivity contribution in [1.82, 2.24) is 0 Å². The lowest BCUT2D eigenvalue weighted by atomic mass is 10.00. The van der Waals surface area contributed by atoms with Crippen molar-refractivity contribution in [2.45, 2.75) is 45.3 Å². The molecule has 0 aliphatic carbocycles. The molecule has 1 fully saturated rings. The highest BCUT2D eigenvalue weighted by atomic mass is 32.2. The summed E-state index contributed by atoms with van der Waals surface area (Å²) in [4.78, 5) is 11.6. The minimum Gasteiger partial charge on any atom is -0.459 e. The zero-order valence-corrected chi connectivity index (χ0v) is 10.6. The van der Waals surface area contributed by atoms with E-state index in [0.717, 1.165) is 12.2 Å². The molecule has 1 aliphatic rings. The van der Waals surface area contributed by atoms with Gasteiger partial charge in [-0.2, -0.15) is 11.8 Å². The third kappa shape index (κ3) is 4.89. The fourth-order valence-electron chi connectivity index (χ4n) is 1.60. The van der Waals surface area contributed by atoms with Crippen molar-refractivity contribution in [1.29, 1.82) is 0 Å². The number of rotatable bonds is 3. The highest BCUT2D eigenvalue weighted by molar-refractivity contribution is 7.99. The summed E-state index contributed by atoms with van der Waals surface area (Å²) in [6, 6.07) is -0.451. The Bertz CT molecular complexity index is 219. The lowest BCUT2D eigenvalue weighted by molar-refractivity contribution is -0.156. The molecule has 2 N–H and O–H groups in total. The van der Waals surface area contributed by atoms with Gasteiger partial charge in [-0.05, 0) is 51.0 Å². The van der Waals surface area contributed by atoms with E-state index in [2.05, 4.69) is 0 Å². The smallest absolute Gasteiger partial charge is 0.323 e. The highest BCUT2D eigenvalue weighted by Crippen LogP contribution is 2.27. The second-order valence-electron chi connectivity index (χ2n) is 5.11. The molecule has 15 heavy (non-hydrogen) atoms. The minimum absolute atomic E-state index is 0.264. The number of nitrogens with two attached hydrogens (primary N) is 1. The van der Waals surface area contributed by atoms with Crippen LogP contribution < -0.4 is 5.73 Å². The van der Waals surface area contributed by atoms with Gasteiger partial charge in [-0.1, -0.05) is 0 Å². The van der Waals surface area contributed by atoms with Gasteiger partial charge >= 0.3 is 5.97 Å². The van der Waals surface area contributed by atoms with Crippen LogP contribution in [-0.4, -0.2) is 29.1 Å². The number of hydrogen-bond donors (Lipinski definition) is 1. The van der Waals surface area contributed by atoms with Gasteiger partial charge in [-0.25, -0.2) is 0 Å². The second-order valence-corrected chi connectivity index (χ2v) is 6.26. The van der Waals surface area contributed by atoms with Crippen molar-refractivity contribution in [2.24, 2.45) is 11.7 Å². The van der Waals surface area contributed by atoms with Crippen LogP contribution in [0.25, 0.3) is 0 Å². The number of carbonyl (C=O) groups excluding carboxylic acids is 1. The van der Waals surface area contributed by atoms with Crippen molar-refractivity contribution in [2.75, 3.05) is 11.5 Å². The number of thioether (sulfide) groups is 1. The molecule has 1 saturated heterocycles. The summed E-state index contributed by atoms with van der Waals surface area (Å²) >= 11 is 1.94. The molecule has 0 aromatic rings. The molecule has 2 unspecified atom stereocenters. The van der Waals surface area contributed by atoms with Crippen LogP contribution in [0, 0.1) is 5.92 Å². The summed E-state index contributed by atoms with van der Waals surface area (Å²) < 4.78 is 5.24. The van der Waals surface area contributed by atoms with Crippen LogP contribution in [0.5, 0.6) is 0 Å². The van der Waals surface area contributed by atoms with Gasteiger partial charge in [-0.3, -0.25) is 4.79 Å². The minimum atomic E-state index is -0.451. The van der Waals surface area contributed by atoms with E-state index in [9.17, 15) is 4.79 Å². The Kier molecular flexibility index (Phi) is 4.46. The molecule has 1 rings (SSSR count). The second kappa shape index (κ2) is 5.21. The van der Waals surface area contributed by atoms with Crippen LogP contribution in [0.15, 0.2) is 0 Å². The van der Waals surface area contributed by atoms with Gasteiger partial charge in [0.2, 0.25) is 0 Å². The van der Waals surface area contributed by atoms with Crippen molar-refractivity contribution in [3.05, 3.63) is 0 Å². The molecule has 0 amide bonds. The van der Waals surface area contributed by atoms with E-state index in [0.29, 0.717) is 5.92 Å². The maximum atomic E-state index is 11.6. The molecule has 0 spiro atoms.